The Balaban J connectivity index is 2.73. The maximum atomic E-state index is 5.96. The topological polar surface area (TPSA) is 21.3 Å². The van der Waals surface area contributed by atoms with Crippen LogP contribution in [0.1, 0.15) is 57.7 Å². The number of aryl methyl sites for hydroxylation is 1. The van der Waals surface area contributed by atoms with Crippen molar-refractivity contribution >= 4 is 0 Å². The zero-order valence-electron chi connectivity index (χ0n) is 12.4. The fourth-order valence-electron chi connectivity index (χ4n) is 2.18. The van der Waals surface area contributed by atoms with Crippen LogP contribution < -0.4 is 10.1 Å². The van der Waals surface area contributed by atoms with Crippen LogP contribution in [0.15, 0.2) is 18.2 Å². The van der Waals surface area contributed by atoms with Crippen molar-refractivity contribution < 1.29 is 4.74 Å². The van der Waals surface area contributed by atoms with Crippen LogP contribution in [0.25, 0.3) is 0 Å². The summed E-state index contributed by atoms with van der Waals surface area (Å²) < 4.78 is 5.96. The molecule has 0 bridgehead atoms. The zero-order valence-corrected chi connectivity index (χ0v) is 12.4. The SMILES string of the molecule is CCCC(C)Oc1ccc(C(C)NCC)cc1C. The van der Waals surface area contributed by atoms with Crippen LogP contribution in [0.4, 0.5) is 0 Å². The van der Waals surface area contributed by atoms with Crippen molar-refractivity contribution in [1.82, 2.24) is 5.32 Å². The molecule has 2 nitrogen and oxygen atoms in total. The van der Waals surface area contributed by atoms with Crippen molar-refractivity contribution in [2.24, 2.45) is 0 Å². The number of rotatable bonds is 7. The molecule has 0 aliphatic heterocycles. The van der Waals surface area contributed by atoms with Crippen molar-refractivity contribution in [2.45, 2.75) is 59.6 Å². The van der Waals surface area contributed by atoms with Gasteiger partial charge in [-0.05, 0) is 50.9 Å². The number of hydrogen-bond acceptors (Lipinski definition) is 2. The molecule has 0 aliphatic carbocycles. The van der Waals surface area contributed by atoms with E-state index in [1.165, 1.54) is 11.1 Å². The second-order valence-electron chi connectivity index (χ2n) is 5.02. The van der Waals surface area contributed by atoms with Crippen LogP contribution in [0.5, 0.6) is 5.75 Å². The molecule has 2 atom stereocenters. The van der Waals surface area contributed by atoms with E-state index in [-0.39, 0.29) is 0 Å². The average molecular weight is 249 g/mol. The third kappa shape index (κ3) is 4.34. The first-order valence-electron chi connectivity index (χ1n) is 7.09. The largest absolute Gasteiger partial charge is 0.490 e. The lowest BCUT2D eigenvalue weighted by molar-refractivity contribution is 0.208. The minimum Gasteiger partial charge on any atom is -0.490 e. The van der Waals surface area contributed by atoms with Gasteiger partial charge in [0.15, 0.2) is 0 Å². The Morgan fingerprint density at radius 2 is 1.94 bits per heavy atom. The van der Waals surface area contributed by atoms with E-state index in [0.29, 0.717) is 12.1 Å². The molecule has 0 aromatic heterocycles. The van der Waals surface area contributed by atoms with E-state index in [0.717, 1.165) is 25.1 Å². The summed E-state index contributed by atoms with van der Waals surface area (Å²) in [4.78, 5) is 0. The standard InChI is InChI=1S/C16H27NO/c1-6-8-13(4)18-16-10-9-15(11-12(16)3)14(5)17-7-2/h9-11,13-14,17H,6-8H2,1-5H3. The summed E-state index contributed by atoms with van der Waals surface area (Å²) in [7, 11) is 0. The first-order chi connectivity index (χ1) is 8.58. The highest BCUT2D eigenvalue weighted by atomic mass is 16.5. The molecule has 102 valence electrons. The Bertz CT molecular complexity index is 362. The molecule has 0 amide bonds. The van der Waals surface area contributed by atoms with Crippen molar-refractivity contribution in [2.75, 3.05) is 6.54 Å². The molecule has 2 unspecified atom stereocenters. The Hall–Kier alpha value is -1.02. The maximum absolute atomic E-state index is 5.96. The van der Waals surface area contributed by atoms with Crippen LogP contribution in [0.3, 0.4) is 0 Å². The van der Waals surface area contributed by atoms with Gasteiger partial charge in [0.05, 0.1) is 6.10 Å². The Labute approximate surface area is 112 Å². The van der Waals surface area contributed by atoms with Gasteiger partial charge < -0.3 is 10.1 Å². The zero-order chi connectivity index (χ0) is 13.5. The summed E-state index contributed by atoms with van der Waals surface area (Å²) >= 11 is 0. The van der Waals surface area contributed by atoms with Gasteiger partial charge in [0.2, 0.25) is 0 Å². The van der Waals surface area contributed by atoms with Gasteiger partial charge in [-0.1, -0.05) is 32.4 Å². The molecule has 1 rings (SSSR count). The van der Waals surface area contributed by atoms with Crippen molar-refractivity contribution in [3.05, 3.63) is 29.3 Å². The predicted molar refractivity (Wildman–Crippen MR) is 78.3 cm³/mol. The van der Waals surface area contributed by atoms with Gasteiger partial charge in [-0.2, -0.15) is 0 Å². The van der Waals surface area contributed by atoms with Crippen molar-refractivity contribution in [1.29, 1.82) is 0 Å². The fourth-order valence-corrected chi connectivity index (χ4v) is 2.18. The second kappa shape index (κ2) is 7.42. The van der Waals surface area contributed by atoms with Gasteiger partial charge >= 0.3 is 0 Å². The lowest BCUT2D eigenvalue weighted by Crippen LogP contribution is -2.18. The predicted octanol–water partition coefficient (Wildman–Crippen LogP) is 4.23. The molecule has 0 saturated carbocycles. The van der Waals surface area contributed by atoms with Crippen LogP contribution in [-0.2, 0) is 0 Å². The molecular formula is C16H27NO. The van der Waals surface area contributed by atoms with Gasteiger partial charge in [0, 0.05) is 6.04 Å². The van der Waals surface area contributed by atoms with Gasteiger partial charge in [-0.15, -0.1) is 0 Å². The highest BCUT2D eigenvalue weighted by molar-refractivity contribution is 5.37. The Morgan fingerprint density at radius 3 is 2.50 bits per heavy atom. The van der Waals surface area contributed by atoms with E-state index in [1.54, 1.807) is 0 Å². The Kier molecular flexibility index (Phi) is 6.20. The smallest absolute Gasteiger partial charge is 0.122 e. The summed E-state index contributed by atoms with van der Waals surface area (Å²) in [6, 6.07) is 6.89. The maximum Gasteiger partial charge on any atom is 0.122 e. The monoisotopic (exact) mass is 249 g/mol. The fraction of sp³-hybridized carbons (Fsp3) is 0.625. The molecule has 18 heavy (non-hydrogen) atoms. The molecule has 1 N–H and O–H groups in total. The summed E-state index contributed by atoms with van der Waals surface area (Å²) in [6.07, 6.45) is 2.57. The highest BCUT2D eigenvalue weighted by Gasteiger charge is 2.09. The first kappa shape index (κ1) is 15.0. The van der Waals surface area contributed by atoms with E-state index in [4.69, 9.17) is 4.74 Å². The van der Waals surface area contributed by atoms with Crippen LogP contribution in [0.2, 0.25) is 0 Å². The van der Waals surface area contributed by atoms with E-state index in [1.807, 2.05) is 0 Å². The summed E-state index contributed by atoms with van der Waals surface area (Å²) in [6.45, 7) is 11.8. The van der Waals surface area contributed by atoms with E-state index >= 15 is 0 Å². The number of ether oxygens (including phenoxy) is 1. The molecule has 0 fully saturated rings. The minimum absolute atomic E-state index is 0.297. The quantitative estimate of drug-likeness (QED) is 0.780. The first-order valence-corrected chi connectivity index (χ1v) is 7.09. The molecule has 0 aliphatic rings. The summed E-state index contributed by atoms with van der Waals surface area (Å²) in [5.74, 6) is 1.02. The molecule has 0 spiro atoms. The molecule has 0 saturated heterocycles. The van der Waals surface area contributed by atoms with Gasteiger partial charge in [-0.3, -0.25) is 0 Å². The van der Waals surface area contributed by atoms with E-state index < -0.39 is 0 Å². The van der Waals surface area contributed by atoms with Gasteiger partial charge in [0.25, 0.3) is 0 Å². The van der Waals surface area contributed by atoms with Crippen LogP contribution in [-0.4, -0.2) is 12.6 Å². The molecule has 1 aromatic rings. The molecule has 0 heterocycles. The third-order valence-electron chi connectivity index (χ3n) is 3.23. The normalized spacial score (nSPS) is 14.3. The van der Waals surface area contributed by atoms with E-state index in [9.17, 15) is 0 Å². The summed E-state index contributed by atoms with van der Waals surface area (Å²) in [5.41, 5.74) is 2.55. The highest BCUT2D eigenvalue weighted by Crippen LogP contribution is 2.24. The van der Waals surface area contributed by atoms with Gasteiger partial charge in [-0.25, -0.2) is 0 Å². The van der Waals surface area contributed by atoms with Crippen LogP contribution in [0, 0.1) is 6.92 Å². The molecule has 1 aromatic carbocycles. The lowest BCUT2D eigenvalue weighted by atomic mass is 10.0. The molecule has 2 heteroatoms. The average Bonchev–Trinajstić information content (AvgIpc) is 2.32. The molecular weight excluding hydrogens is 222 g/mol. The van der Waals surface area contributed by atoms with Crippen LogP contribution >= 0.6 is 0 Å². The lowest BCUT2D eigenvalue weighted by Gasteiger charge is -2.18. The number of hydrogen-bond donors (Lipinski definition) is 1. The van der Waals surface area contributed by atoms with Crippen molar-refractivity contribution in [3.8, 4) is 5.75 Å². The second-order valence-corrected chi connectivity index (χ2v) is 5.02. The summed E-state index contributed by atoms with van der Waals surface area (Å²) in [5, 5.41) is 3.43. The van der Waals surface area contributed by atoms with Crippen molar-refractivity contribution in [3.63, 3.8) is 0 Å². The molecule has 0 radical (unpaired) electrons. The number of nitrogens with one attached hydrogen (secondary N) is 1. The van der Waals surface area contributed by atoms with Gasteiger partial charge in [0.1, 0.15) is 5.75 Å². The Morgan fingerprint density at radius 1 is 1.22 bits per heavy atom. The van der Waals surface area contributed by atoms with E-state index in [2.05, 4.69) is 58.1 Å². The minimum atomic E-state index is 0.297. The third-order valence-corrected chi connectivity index (χ3v) is 3.23. The number of benzene rings is 1.